The number of rotatable bonds is 3. The molecule has 0 amide bonds. The summed E-state index contributed by atoms with van der Waals surface area (Å²) in [5, 5.41) is 8.70. The van der Waals surface area contributed by atoms with Crippen LogP contribution in [0.4, 0.5) is 10.1 Å². The van der Waals surface area contributed by atoms with Gasteiger partial charge in [0, 0.05) is 13.1 Å². The van der Waals surface area contributed by atoms with Crippen molar-refractivity contribution in [3.8, 4) is 6.07 Å². The van der Waals surface area contributed by atoms with E-state index in [0.717, 1.165) is 12.1 Å². The number of ether oxygens (including phenoxy) is 1. The Morgan fingerprint density at radius 2 is 2.05 bits per heavy atom. The van der Waals surface area contributed by atoms with Gasteiger partial charge in [-0.1, -0.05) is 0 Å². The summed E-state index contributed by atoms with van der Waals surface area (Å²) in [6.07, 6.45) is 0. The first kappa shape index (κ1) is 13.7. The first-order valence-corrected chi connectivity index (χ1v) is 7.02. The third-order valence-corrected chi connectivity index (χ3v) is 4.18. The first-order valence-electron chi connectivity index (χ1n) is 5.58. The second-order valence-electron chi connectivity index (χ2n) is 3.92. The van der Waals surface area contributed by atoms with Gasteiger partial charge >= 0.3 is 10.2 Å². The van der Waals surface area contributed by atoms with Crippen molar-refractivity contribution in [1.82, 2.24) is 4.31 Å². The number of benzene rings is 1. The van der Waals surface area contributed by atoms with Crippen LogP contribution < -0.4 is 4.72 Å². The monoisotopic (exact) mass is 285 g/mol. The Labute approximate surface area is 110 Å². The maximum atomic E-state index is 13.1. The minimum atomic E-state index is -3.70. The third kappa shape index (κ3) is 3.20. The molecule has 2 rings (SSSR count). The number of nitriles is 1. The van der Waals surface area contributed by atoms with Crippen LogP contribution in [0.2, 0.25) is 0 Å². The molecule has 1 aromatic carbocycles. The Morgan fingerprint density at radius 3 is 2.68 bits per heavy atom. The second kappa shape index (κ2) is 5.52. The van der Waals surface area contributed by atoms with Crippen LogP contribution in [0.1, 0.15) is 5.56 Å². The molecule has 1 saturated heterocycles. The number of nitrogens with one attached hydrogen (secondary N) is 1. The SMILES string of the molecule is N#Cc1cc(NS(=O)(=O)N2CCOCC2)ccc1F. The Hall–Kier alpha value is -1.69. The van der Waals surface area contributed by atoms with Crippen LogP contribution >= 0.6 is 0 Å². The maximum absolute atomic E-state index is 13.1. The van der Waals surface area contributed by atoms with E-state index in [4.69, 9.17) is 10.00 Å². The number of nitrogens with zero attached hydrogens (tertiary/aromatic N) is 2. The van der Waals surface area contributed by atoms with E-state index < -0.39 is 16.0 Å². The van der Waals surface area contributed by atoms with Gasteiger partial charge in [-0.05, 0) is 18.2 Å². The van der Waals surface area contributed by atoms with Gasteiger partial charge in [0.1, 0.15) is 11.9 Å². The quantitative estimate of drug-likeness (QED) is 0.885. The lowest BCUT2D eigenvalue weighted by molar-refractivity contribution is 0.0733. The van der Waals surface area contributed by atoms with Crippen LogP contribution in [-0.2, 0) is 14.9 Å². The Bertz CT molecular complexity index is 606. The van der Waals surface area contributed by atoms with E-state index in [0.29, 0.717) is 13.2 Å². The molecule has 1 aliphatic heterocycles. The van der Waals surface area contributed by atoms with Crippen molar-refractivity contribution in [2.75, 3.05) is 31.0 Å². The average molecular weight is 285 g/mol. The largest absolute Gasteiger partial charge is 0.379 e. The molecule has 0 saturated carbocycles. The predicted molar refractivity (Wildman–Crippen MR) is 66.0 cm³/mol. The highest BCUT2D eigenvalue weighted by Crippen LogP contribution is 2.17. The minimum absolute atomic E-state index is 0.157. The summed E-state index contributed by atoms with van der Waals surface area (Å²) < 4.78 is 45.8. The van der Waals surface area contributed by atoms with Crippen molar-refractivity contribution in [2.24, 2.45) is 0 Å². The van der Waals surface area contributed by atoms with E-state index in [-0.39, 0.29) is 24.3 Å². The highest BCUT2D eigenvalue weighted by Gasteiger charge is 2.24. The summed E-state index contributed by atoms with van der Waals surface area (Å²) in [6.45, 7) is 1.21. The van der Waals surface area contributed by atoms with Gasteiger partial charge in [-0.15, -0.1) is 0 Å². The molecule has 1 aliphatic rings. The molecule has 0 unspecified atom stereocenters. The lowest BCUT2D eigenvalue weighted by atomic mass is 10.2. The molecule has 0 bridgehead atoms. The van der Waals surface area contributed by atoms with Crippen LogP contribution in [0, 0.1) is 17.1 Å². The fourth-order valence-electron chi connectivity index (χ4n) is 1.67. The van der Waals surface area contributed by atoms with Crippen molar-refractivity contribution in [3.63, 3.8) is 0 Å². The zero-order chi connectivity index (χ0) is 13.9. The summed E-state index contributed by atoms with van der Waals surface area (Å²) in [4.78, 5) is 0. The topological polar surface area (TPSA) is 82.4 Å². The summed E-state index contributed by atoms with van der Waals surface area (Å²) in [7, 11) is -3.70. The van der Waals surface area contributed by atoms with Crippen LogP contribution in [0.25, 0.3) is 0 Å². The lowest BCUT2D eigenvalue weighted by Crippen LogP contribution is -2.43. The summed E-state index contributed by atoms with van der Waals surface area (Å²) in [5.41, 5.74) is -0.0494. The molecule has 0 radical (unpaired) electrons. The standard InChI is InChI=1S/C11H12FN3O3S/c12-11-2-1-10(7-9(11)8-13)14-19(16,17)15-3-5-18-6-4-15/h1-2,7,14H,3-6H2. The van der Waals surface area contributed by atoms with E-state index in [1.165, 1.54) is 10.4 Å². The fraction of sp³-hybridized carbons (Fsp3) is 0.364. The molecule has 102 valence electrons. The van der Waals surface area contributed by atoms with Crippen LogP contribution in [0.5, 0.6) is 0 Å². The smallest absolute Gasteiger partial charge is 0.301 e. The molecule has 0 aromatic heterocycles. The second-order valence-corrected chi connectivity index (χ2v) is 5.60. The van der Waals surface area contributed by atoms with E-state index >= 15 is 0 Å². The lowest BCUT2D eigenvalue weighted by Gasteiger charge is -2.26. The average Bonchev–Trinajstić information content (AvgIpc) is 2.42. The molecule has 1 heterocycles. The van der Waals surface area contributed by atoms with E-state index in [2.05, 4.69) is 4.72 Å². The molecule has 19 heavy (non-hydrogen) atoms. The van der Waals surface area contributed by atoms with Crippen molar-refractivity contribution < 1.29 is 17.5 Å². The molecule has 8 heteroatoms. The van der Waals surface area contributed by atoms with Gasteiger partial charge in [0.15, 0.2) is 0 Å². The van der Waals surface area contributed by atoms with Crippen LogP contribution in [-0.4, -0.2) is 39.0 Å². The van der Waals surface area contributed by atoms with E-state index in [1.807, 2.05) is 0 Å². The first-order chi connectivity index (χ1) is 9.03. The summed E-state index contributed by atoms with van der Waals surface area (Å²) in [6, 6.07) is 5.14. The van der Waals surface area contributed by atoms with Crippen molar-refractivity contribution in [1.29, 1.82) is 5.26 Å². The molecule has 1 aromatic rings. The normalized spacial score (nSPS) is 16.8. The van der Waals surface area contributed by atoms with Gasteiger partial charge in [-0.25, -0.2) is 4.39 Å². The van der Waals surface area contributed by atoms with Gasteiger partial charge in [0.2, 0.25) is 0 Å². The summed E-state index contributed by atoms with van der Waals surface area (Å²) in [5.74, 6) is -0.683. The third-order valence-electron chi connectivity index (χ3n) is 2.64. The molecule has 0 spiro atoms. The van der Waals surface area contributed by atoms with Gasteiger partial charge in [-0.3, -0.25) is 4.72 Å². The van der Waals surface area contributed by atoms with Gasteiger partial charge in [0.25, 0.3) is 0 Å². The van der Waals surface area contributed by atoms with Gasteiger partial charge in [0.05, 0.1) is 24.5 Å². The zero-order valence-corrected chi connectivity index (χ0v) is 10.8. The van der Waals surface area contributed by atoms with Crippen molar-refractivity contribution in [2.45, 2.75) is 0 Å². The molecule has 0 aliphatic carbocycles. The fourth-order valence-corrected chi connectivity index (χ4v) is 2.86. The molecule has 0 atom stereocenters. The van der Waals surface area contributed by atoms with E-state index in [9.17, 15) is 12.8 Å². The van der Waals surface area contributed by atoms with E-state index in [1.54, 1.807) is 6.07 Å². The Balaban J connectivity index is 2.18. The predicted octanol–water partition coefficient (Wildman–Crippen LogP) is 0.686. The molecular formula is C11H12FN3O3S. The number of hydrogen-bond acceptors (Lipinski definition) is 4. The number of hydrogen-bond donors (Lipinski definition) is 1. The van der Waals surface area contributed by atoms with Gasteiger partial charge < -0.3 is 4.74 Å². The highest BCUT2D eigenvalue weighted by atomic mass is 32.2. The van der Waals surface area contributed by atoms with Crippen LogP contribution in [0.15, 0.2) is 18.2 Å². The molecule has 1 fully saturated rings. The van der Waals surface area contributed by atoms with Crippen LogP contribution in [0.3, 0.4) is 0 Å². The summed E-state index contributed by atoms with van der Waals surface area (Å²) >= 11 is 0. The maximum Gasteiger partial charge on any atom is 0.301 e. The number of morpholine rings is 1. The molecule has 6 nitrogen and oxygen atoms in total. The molecular weight excluding hydrogens is 273 g/mol. The Morgan fingerprint density at radius 1 is 1.37 bits per heavy atom. The zero-order valence-electron chi connectivity index (χ0n) is 9.97. The Kier molecular flexibility index (Phi) is 3.99. The van der Waals surface area contributed by atoms with Gasteiger partial charge in [-0.2, -0.15) is 18.0 Å². The van der Waals surface area contributed by atoms with Crippen molar-refractivity contribution in [3.05, 3.63) is 29.6 Å². The number of anilines is 1. The van der Waals surface area contributed by atoms with Crippen molar-refractivity contribution >= 4 is 15.9 Å². The number of halogens is 1. The molecule has 1 N–H and O–H groups in total. The minimum Gasteiger partial charge on any atom is -0.379 e. The highest BCUT2D eigenvalue weighted by molar-refractivity contribution is 7.90.